The zero-order valence-electron chi connectivity index (χ0n) is 12.1. The Balaban J connectivity index is 4.97. The Kier molecular flexibility index (Phi) is 8.27. The van der Waals surface area contributed by atoms with Crippen molar-refractivity contribution in [2.24, 2.45) is 0 Å². The first-order chi connectivity index (χ1) is 8.86. The molecule has 0 spiro atoms. The fraction of sp³-hybridized carbons (Fsp3) is 0.769. The lowest BCUT2D eigenvalue weighted by Crippen LogP contribution is -2.23. The van der Waals surface area contributed by atoms with Crippen molar-refractivity contribution in [2.75, 3.05) is 32.8 Å². The Morgan fingerprint density at radius 3 is 2.00 bits per heavy atom. The molecule has 112 valence electrons. The third-order valence-corrected chi connectivity index (χ3v) is 2.65. The highest BCUT2D eigenvalue weighted by molar-refractivity contribution is 5.71. The SMILES string of the molecule is CCN(/C=C(/C=[N+](CC)CC)OCC(F)(F)F)CC. The van der Waals surface area contributed by atoms with Gasteiger partial charge in [-0.05, 0) is 27.7 Å². The molecule has 0 aromatic heterocycles. The van der Waals surface area contributed by atoms with Gasteiger partial charge in [-0.3, -0.25) is 0 Å². The van der Waals surface area contributed by atoms with E-state index in [0.717, 1.165) is 26.2 Å². The van der Waals surface area contributed by atoms with Crippen LogP contribution in [0.25, 0.3) is 0 Å². The van der Waals surface area contributed by atoms with Gasteiger partial charge < -0.3 is 9.64 Å². The van der Waals surface area contributed by atoms with Crippen LogP contribution in [0.3, 0.4) is 0 Å². The second-order valence-electron chi connectivity index (χ2n) is 4.01. The first kappa shape index (κ1) is 17.8. The molecular formula is C13H24F3N2O+. The summed E-state index contributed by atoms with van der Waals surface area (Å²) in [7, 11) is 0. The molecule has 0 heterocycles. The standard InChI is InChI=1S/C13H24F3N2O/c1-5-17(6-2)9-12(10-18(7-3)8-4)19-11-13(14,15)16/h9-10H,5-8,11H2,1-4H3/q+1. The van der Waals surface area contributed by atoms with E-state index in [1.54, 1.807) is 12.4 Å². The molecule has 0 aliphatic heterocycles. The molecule has 0 aromatic rings. The van der Waals surface area contributed by atoms with Crippen LogP contribution in [0.5, 0.6) is 0 Å². The molecule has 0 bridgehead atoms. The number of ether oxygens (including phenoxy) is 1. The minimum Gasteiger partial charge on any atom is -0.477 e. The molecule has 6 heteroatoms. The van der Waals surface area contributed by atoms with Crippen LogP contribution in [-0.2, 0) is 4.74 Å². The van der Waals surface area contributed by atoms with Gasteiger partial charge in [-0.25, -0.2) is 4.58 Å². The van der Waals surface area contributed by atoms with Gasteiger partial charge in [0.15, 0.2) is 12.4 Å². The zero-order chi connectivity index (χ0) is 14.9. The van der Waals surface area contributed by atoms with Crippen molar-refractivity contribution in [3.05, 3.63) is 12.0 Å². The summed E-state index contributed by atoms with van der Waals surface area (Å²) in [5, 5.41) is 0. The molecule has 0 rings (SSSR count). The molecule has 0 unspecified atom stereocenters. The Morgan fingerprint density at radius 2 is 1.63 bits per heavy atom. The highest BCUT2D eigenvalue weighted by atomic mass is 19.4. The molecule has 0 fully saturated rings. The normalized spacial score (nSPS) is 12.3. The number of rotatable bonds is 8. The van der Waals surface area contributed by atoms with Gasteiger partial charge in [0.2, 0.25) is 6.21 Å². The van der Waals surface area contributed by atoms with Gasteiger partial charge in [0, 0.05) is 19.3 Å². The number of nitrogens with zero attached hydrogens (tertiary/aromatic N) is 2. The van der Waals surface area contributed by atoms with E-state index in [9.17, 15) is 13.2 Å². The van der Waals surface area contributed by atoms with Crippen molar-refractivity contribution < 1.29 is 22.5 Å². The van der Waals surface area contributed by atoms with Crippen molar-refractivity contribution in [2.45, 2.75) is 33.9 Å². The average Bonchev–Trinajstić information content (AvgIpc) is 2.37. The fourth-order valence-corrected chi connectivity index (χ4v) is 1.45. The first-order valence-electron chi connectivity index (χ1n) is 6.60. The van der Waals surface area contributed by atoms with E-state index in [4.69, 9.17) is 4.74 Å². The lowest BCUT2D eigenvalue weighted by molar-refractivity contribution is -0.516. The van der Waals surface area contributed by atoms with Gasteiger partial charge in [-0.15, -0.1) is 0 Å². The third kappa shape index (κ3) is 8.51. The van der Waals surface area contributed by atoms with Crippen molar-refractivity contribution in [1.29, 1.82) is 0 Å². The lowest BCUT2D eigenvalue weighted by atomic mass is 10.4. The zero-order valence-corrected chi connectivity index (χ0v) is 12.1. The largest absolute Gasteiger partial charge is 0.477 e. The number of hydrogen-bond acceptors (Lipinski definition) is 2. The van der Waals surface area contributed by atoms with Gasteiger partial charge in [0.1, 0.15) is 13.1 Å². The van der Waals surface area contributed by atoms with Crippen molar-refractivity contribution in [1.82, 2.24) is 4.90 Å². The molecule has 0 amide bonds. The van der Waals surface area contributed by atoms with Crippen molar-refractivity contribution in [3.63, 3.8) is 0 Å². The first-order valence-corrected chi connectivity index (χ1v) is 6.60. The second kappa shape index (κ2) is 8.82. The van der Waals surface area contributed by atoms with Crippen LogP contribution in [0, 0.1) is 0 Å². The molecule has 0 atom stereocenters. The highest BCUT2D eigenvalue weighted by Gasteiger charge is 2.29. The Morgan fingerprint density at radius 1 is 1.11 bits per heavy atom. The van der Waals surface area contributed by atoms with Crippen LogP contribution in [0.2, 0.25) is 0 Å². The van der Waals surface area contributed by atoms with E-state index >= 15 is 0 Å². The molecule has 0 saturated heterocycles. The molecule has 0 aliphatic rings. The van der Waals surface area contributed by atoms with Crippen LogP contribution in [0.15, 0.2) is 12.0 Å². The quantitative estimate of drug-likeness (QED) is 0.386. The van der Waals surface area contributed by atoms with Crippen molar-refractivity contribution in [3.8, 4) is 0 Å². The molecule has 0 N–H and O–H groups in total. The van der Waals surface area contributed by atoms with Crippen LogP contribution < -0.4 is 0 Å². The minimum atomic E-state index is -4.32. The maximum Gasteiger partial charge on any atom is 0.422 e. The van der Waals surface area contributed by atoms with Gasteiger partial charge in [-0.1, -0.05) is 0 Å². The van der Waals surface area contributed by atoms with Gasteiger partial charge in [0.05, 0.1) is 0 Å². The van der Waals surface area contributed by atoms with E-state index in [0.29, 0.717) is 0 Å². The number of allylic oxidation sites excluding steroid dienone is 1. The fourth-order valence-electron chi connectivity index (χ4n) is 1.45. The smallest absolute Gasteiger partial charge is 0.422 e. The second-order valence-corrected chi connectivity index (χ2v) is 4.01. The minimum absolute atomic E-state index is 0.240. The van der Waals surface area contributed by atoms with E-state index in [1.165, 1.54) is 0 Å². The van der Waals surface area contributed by atoms with Gasteiger partial charge in [-0.2, -0.15) is 13.2 Å². The summed E-state index contributed by atoms with van der Waals surface area (Å²) in [6.45, 7) is 9.40. The summed E-state index contributed by atoms with van der Waals surface area (Å²) in [6, 6.07) is 0. The van der Waals surface area contributed by atoms with Crippen molar-refractivity contribution >= 4 is 6.21 Å². The molecule has 0 aromatic carbocycles. The van der Waals surface area contributed by atoms with E-state index in [-0.39, 0.29) is 5.76 Å². The van der Waals surface area contributed by atoms with E-state index < -0.39 is 12.8 Å². The molecule has 0 radical (unpaired) electrons. The van der Waals surface area contributed by atoms with Crippen LogP contribution in [0.4, 0.5) is 13.2 Å². The van der Waals surface area contributed by atoms with E-state index in [2.05, 4.69) is 0 Å². The monoisotopic (exact) mass is 281 g/mol. The van der Waals surface area contributed by atoms with E-state index in [1.807, 2.05) is 37.2 Å². The highest BCUT2D eigenvalue weighted by Crippen LogP contribution is 2.16. The van der Waals surface area contributed by atoms with Gasteiger partial charge >= 0.3 is 6.18 Å². The maximum absolute atomic E-state index is 12.2. The summed E-state index contributed by atoms with van der Waals surface area (Å²) < 4.78 is 43.4. The molecule has 19 heavy (non-hydrogen) atoms. The van der Waals surface area contributed by atoms with Gasteiger partial charge in [0.25, 0.3) is 0 Å². The predicted octanol–water partition coefficient (Wildman–Crippen LogP) is 2.87. The number of hydrogen-bond donors (Lipinski definition) is 0. The Hall–Kier alpha value is -1.20. The molecular weight excluding hydrogens is 257 g/mol. The summed E-state index contributed by atoms with van der Waals surface area (Å²) in [5.41, 5.74) is 0. The van der Waals surface area contributed by atoms with Crippen LogP contribution in [0.1, 0.15) is 27.7 Å². The topological polar surface area (TPSA) is 15.5 Å². The molecule has 3 nitrogen and oxygen atoms in total. The predicted molar refractivity (Wildman–Crippen MR) is 70.4 cm³/mol. The molecule has 0 saturated carbocycles. The maximum atomic E-state index is 12.2. The molecule has 0 aliphatic carbocycles. The lowest BCUT2D eigenvalue weighted by Gasteiger charge is -2.17. The summed E-state index contributed by atoms with van der Waals surface area (Å²) in [4.78, 5) is 1.89. The summed E-state index contributed by atoms with van der Waals surface area (Å²) in [6.07, 6.45) is -1.06. The summed E-state index contributed by atoms with van der Waals surface area (Å²) in [5.74, 6) is 0.240. The Labute approximate surface area is 113 Å². The number of halogens is 3. The Bertz CT molecular complexity index is 302. The van der Waals surface area contributed by atoms with Crippen LogP contribution in [-0.4, -0.2) is 54.7 Å². The third-order valence-electron chi connectivity index (χ3n) is 2.65. The average molecular weight is 281 g/mol. The summed E-state index contributed by atoms with van der Waals surface area (Å²) >= 11 is 0. The van der Waals surface area contributed by atoms with Crippen LogP contribution >= 0.6 is 0 Å². The number of alkyl halides is 3.